The normalized spacial score (nSPS) is 24.9. The van der Waals surface area contributed by atoms with Crippen LogP contribution in [0.4, 0.5) is 0 Å². The second-order valence-electron chi connectivity index (χ2n) is 6.51. The zero-order valence-electron chi connectivity index (χ0n) is 13.3. The molecule has 2 aliphatic heterocycles. The Kier molecular flexibility index (Phi) is 6.18. The van der Waals surface area contributed by atoms with Gasteiger partial charge in [0.1, 0.15) is 12.4 Å². The first-order valence-corrected chi connectivity index (χ1v) is 8.38. The lowest BCUT2D eigenvalue weighted by atomic mass is 9.90. The van der Waals surface area contributed by atoms with Crippen molar-refractivity contribution in [3.05, 3.63) is 28.8 Å². The average Bonchev–Trinajstić information content (AvgIpc) is 2.53. The van der Waals surface area contributed by atoms with Gasteiger partial charge in [-0.25, -0.2) is 0 Å². The summed E-state index contributed by atoms with van der Waals surface area (Å²) < 4.78 is 5.75. The molecule has 2 heterocycles. The number of piperidine rings is 1. The Morgan fingerprint density at radius 3 is 3.00 bits per heavy atom. The lowest BCUT2D eigenvalue weighted by molar-refractivity contribution is -0.138. The van der Waals surface area contributed by atoms with Gasteiger partial charge in [0.15, 0.2) is 0 Å². The predicted molar refractivity (Wildman–Crippen MR) is 94.3 cm³/mol. The number of hydrogen-bond donors (Lipinski definition) is 1. The van der Waals surface area contributed by atoms with Crippen LogP contribution in [0, 0.1) is 11.8 Å². The highest BCUT2D eigenvalue weighted by molar-refractivity contribution is 6.30. The Morgan fingerprint density at radius 2 is 2.26 bits per heavy atom. The van der Waals surface area contributed by atoms with Crippen LogP contribution in [0.5, 0.6) is 5.75 Å². The van der Waals surface area contributed by atoms with E-state index in [1.54, 1.807) is 0 Å². The maximum Gasteiger partial charge on any atom is 0.229 e. The van der Waals surface area contributed by atoms with Gasteiger partial charge in [-0.2, -0.15) is 0 Å². The molecule has 1 amide bonds. The van der Waals surface area contributed by atoms with Crippen LogP contribution in [0.3, 0.4) is 0 Å². The summed E-state index contributed by atoms with van der Waals surface area (Å²) in [6, 6.07) is 5.74. The zero-order valence-corrected chi connectivity index (χ0v) is 14.9. The molecule has 0 aliphatic carbocycles. The summed E-state index contributed by atoms with van der Waals surface area (Å²) in [4.78, 5) is 14.8. The van der Waals surface area contributed by atoms with Crippen molar-refractivity contribution in [3.8, 4) is 5.75 Å². The Hall–Kier alpha value is -0.970. The van der Waals surface area contributed by atoms with E-state index >= 15 is 0 Å². The molecule has 3 unspecified atom stereocenters. The fourth-order valence-electron chi connectivity index (χ4n) is 3.42. The first-order valence-electron chi connectivity index (χ1n) is 8.00. The average molecular weight is 359 g/mol. The number of amides is 1. The van der Waals surface area contributed by atoms with Gasteiger partial charge in [0.05, 0.1) is 5.92 Å². The predicted octanol–water partition coefficient (Wildman–Crippen LogP) is 2.90. The quantitative estimate of drug-likeness (QED) is 0.884. The number of ether oxygens (including phenoxy) is 1. The molecule has 1 saturated heterocycles. The van der Waals surface area contributed by atoms with Gasteiger partial charge in [0.25, 0.3) is 0 Å². The van der Waals surface area contributed by atoms with Crippen LogP contribution >= 0.6 is 24.0 Å². The van der Waals surface area contributed by atoms with Crippen molar-refractivity contribution in [1.29, 1.82) is 0 Å². The minimum absolute atomic E-state index is 0. The molecule has 23 heavy (non-hydrogen) atoms. The number of hydrogen-bond acceptors (Lipinski definition) is 3. The van der Waals surface area contributed by atoms with E-state index in [1.807, 2.05) is 30.0 Å². The van der Waals surface area contributed by atoms with Crippen molar-refractivity contribution in [2.24, 2.45) is 17.6 Å². The molecule has 3 atom stereocenters. The van der Waals surface area contributed by atoms with E-state index in [1.165, 1.54) is 0 Å². The second kappa shape index (κ2) is 7.73. The van der Waals surface area contributed by atoms with Gasteiger partial charge in [0, 0.05) is 24.2 Å². The van der Waals surface area contributed by atoms with E-state index in [2.05, 4.69) is 0 Å². The number of nitrogens with zero attached hydrogens (tertiary/aromatic N) is 1. The van der Waals surface area contributed by atoms with Crippen LogP contribution in [-0.2, 0) is 11.2 Å². The molecule has 0 aromatic heterocycles. The summed E-state index contributed by atoms with van der Waals surface area (Å²) in [5.74, 6) is 1.33. The van der Waals surface area contributed by atoms with Crippen LogP contribution in [0.1, 0.15) is 25.3 Å². The van der Waals surface area contributed by atoms with Crippen LogP contribution in [0.15, 0.2) is 18.2 Å². The number of carbonyl (C=O) groups excluding carboxylic acids is 1. The number of benzene rings is 1. The van der Waals surface area contributed by atoms with Crippen molar-refractivity contribution < 1.29 is 9.53 Å². The van der Waals surface area contributed by atoms with Crippen molar-refractivity contribution in [1.82, 2.24) is 4.90 Å². The largest absolute Gasteiger partial charge is 0.492 e. The van der Waals surface area contributed by atoms with E-state index in [0.29, 0.717) is 24.0 Å². The topological polar surface area (TPSA) is 55.6 Å². The van der Waals surface area contributed by atoms with Gasteiger partial charge in [-0.3, -0.25) is 4.79 Å². The third-order valence-corrected chi connectivity index (χ3v) is 5.03. The third kappa shape index (κ3) is 4.11. The summed E-state index contributed by atoms with van der Waals surface area (Å²) in [5, 5.41) is 0.686. The molecule has 4 nitrogen and oxygen atoms in total. The van der Waals surface area contributed by atoms with Crippen LogP contribution in [0.2, 0.25) is 5.02 Å². The summed E-state index contributed by atoms with van der Waals surface area (Å²) >= 11 is 6.04. The molecular formula is C17H24Cl2N2O2. The first-order chi connectivity index (χ1) is 10.5. The molecular weight excluding hydrogens is 335 g/mol. The van der Waals surface area contributed by atoms with Crippen molar-refractivity contribution in [3.63, 3.8) is 0 Å². The summed E-state index contributed by atoms with van der Waals surface area (Å²) in [5.41, 5.74) is 7.04. The number of likely N-dealkylation sites (tertiary alicyclic amines) is 1. The number of fused-ring (bicyclic) bond motifs is 1. The molecule has 128 valence electrons. The maximum absolute atomic E-state index is 12.8. The highest BCUT2D eigenvalue weighted by Gasteiger charge is 2.33. The Balaban J connectivity index is 0.00000192. The lowest BCUT2D eigenvalue weighted by Crippen LogP contribution is -2.48. The molecule has 1 aromatic rings. The molecule has 6 heteroatoms. The number of nitrogens with two attached hydrogens (primary N) is 1. The van der Waals surface area contributed by atoms with E-state index in [-0.39, 0.29) is 30.3 Å². The smallest absolute Gasteiger partial charge is 0.229 e. The highest BCUT2D eigenvalue weighted by Crippen LogP contribution is 2.31. The van der Waals surface area contributed by atoms with E-state index in [0.717, 1.165) is 37.2 Å². The van der Waals surface area contributed by atoms with Gasteiger partial charge in [-0.15, -0.1) is 12.4 Å². The zero-order chi connectivity index (χ0) is 15.7. The Bertz CT molecular complexity index is 566. The van der Waals surface area contributed by atoms with Crippen molar-refractivity contribution >= 4 is 29.9 Å². The maximum atomic E-state index is 12.8. The van der Waals surface area contributed by atoms with Gasteiger partial charge in [0.2, 0.25) is 5.91 Å². The molecule has 0 radical (unpaired) electrons. The monoisotopic (exact) mass is 358 g/mol. The highest BCUT2D eigenvalue weighted by atomic mass is 35.5. The van der Waals surface area contributed by atoms with Crippen molar-refractivity contribution in [2.45, 2.75) is 32.2 Å². The fraction of sp³-hybridized carbons (Fsp3) is 0.588. The first kappa shape index (κ1) is 18.4. The summed E-state index contributed by atoms with van der Waals surface area (Å²) in [6.07, 6.45) is 2.85. The van der Waals surface area contributed by atoms with E-state index in [4.69, 9.17) is 22.1 Å². The number of carbonyl (C=O) groups is 1. The summed E-state index contributed by atoms with van der Waals surface area (Å²) in [6.45, 7) is 4.09. The Morgan fingerprint density at radius 1 is 1.48 bits per heavy atom. The lowest BCUT2D eigenvalue weighted by Gasteiger charge is -2.37. The third-order valence-electron chi connectivity index (χ3n) is 4.79. The second-order valence-corrected chi connectivity index (χ2v) is 6.95. The standard InChI is InChI=1S/C17H23ClN2O2.ClH/c1-11(19)12-3-2-6-20(9-12)17(21)14-7-13-8-15(18)4-5-16(13)22-10-14;/h4-5,8,11-12,14H,2-3,6-7,9-10,19H2,1H3;1H. The van der Waals surface area contributed by atoms with Gasteiger partial charge < -0.3 is 15.4 Å². The molecule has 0 saturated carbocycles. The molecule has 1 fully saturated rings. The van der Waals surface area contributed by atoms with Crippen LogP contribution < -0.4 is 10.5 Å². The fourth-order valence-corrected chi connectivity index (χ4v) is 3.61. The van der Waals surface area contributed by atoms with Crippen molar-refractivity contribution in [2.75, 3.05) is 19.7 Å². The molecule has 0 spiro atoms. The minimum Gasteiger partial charge on any atom is -0.492 e. The molecule has 3 rings (SSSR count). The molecule has 2 aliphatic rings. The van der Waals surface area contributed by atoms with Crippen LogP contribution in [0.25, 0.3) is 0 Å². The Labute approximate surface area is 148 Å². The van der Waals surface area contributed by atoms with E-state index < -0.39 is 0 Å². The van der Waals surface area contributed by atoms with Gasteiger partial charge >= 0.3 is 0 Å². The number of halogens is 2. The van der Waals surface area contributed by atoms with E-state index in [9.17, 15) is 4.79 Å². The SMILES string of the molecule is CC(N)C1CCCN(C(=O)C2COc3ccc(Cl)cc3C2)C1.Cl. The number of rotatable bonds is 2. The summed E-state index contributed by atoms with van der Waals surface area (Å²) in [7, 11) is 0. The molecule has 1 aromatic carbocycles. The van der Waals surface area contributed by atoms with Gasteiger partial charge in [-0.05, 0) is 55.9 Å². The van der Waals surface area contributed by atoms with Crippen LogP contribution in [-0.4, -0.2) is 36.5 Å². The molecule has 2 N–H and O–H groups in total. The van der Waals surface area contributed by atoms with Gasteiger partial charge in [-0.1, -0.05) is 11.6 Å². The molecule has 0 bridgehead atoms. The minimum atomic E-state index is -0.113.